The fourth-order valence-electron chi connectivity index (χ4n) is 2.23. The van der Waals surface area contributed by atoms with E-state index in [1.807, 2.05) is 50.6 Å². The number of nitrogens with one attached hydrogen (secondary N) is 1. The van der Waals surface area contributed by atoms with E-state index in [1.165, 1.54) is 0 Å². The second-order valence-electron chi connectivity index (χ2n) is 5.37. The number of hydrogen-bond acceptors (Lipinski definition) is 3. The normalized spacial score (nSPS) is 10.8. The average Bonchev–Trinajstić information content (AvgIpc) is 2.81. The average molecular weight is 287 g/mol. The molecule has 112 valence electrons. The van der Waals surface area contributed by atoms with Crippen LogP contribution < -0.4 is 10.1 Å². The number of nitrogens with zero attached hydrogens (tertiary/aromatic N) is 2. The van der Waals surface area contributed by atoms with Crippen LogP contribution in [0.5, 0.6) is 5.75 Å². The van der Waals surface area contributed by atoms with E-state index in [0.717, 1.165) is 11.3 Å². The number of carbonyl (C=O) groups excluding carboxylic acids is 1. The summed E-state index contributed by atoms with van der Waals surface area (Å²) in [5.41, 5.74) is 3.07. The number of anilines is 1. The van der Waals surface area contributed by atoms with Gasteiger partial charge in [-0.1, -0.05) is 6.07 Å². The van der Waals surface area contributed by atoms with Gasteiger partial charge in [0.1, 0.15) is 5.75 Å². The van der Waals surface area contributed by atoms with Crippen molar-refractivity contribution in [1.82, 2.24) is 9.78 Å². The van der Waals surface area contributed by atoms with Gasteiger partial charge in [0.25, 0.3) is 5.91 Å². The van der Waals surface area contributed by atoms with Gasteiger partial charge in [0, 0.05) is 11.7 Å². The largest absolute Gasteiger partial charge is 0.495 e. The summed E-state index contributed by atoms with van der Waals surface area (Å²) in [5.74, 6) is 0.398. The van der Waals surface area contributed by atoms with Gasteiger partial charge >= 0.3 is 0 Å². The Balaban J connectivity index is 2.26. The van der Waals surface area contributed by atoms with Crippen molar-refractivity contribution in [3.63, 3.8) is 0 Å². The summed E-state index contributed by atoms with van der Waals surface area (Å²) in [6.45, 7) is 7.97. The number of ether oxygens (including phenoxy) is 1. The van der Waals surface area contributed by atoms with Crippen LogP contribution >= 0.6 is 0 Å². The molecule has 0 aliphatic carbocycles. The van der Waals surface area contributed by atoms with Gasteiger partial charge in [0.05, 0.1) is 12.8 Å². The summed E-state index contributed by atoms with van der Waals surface area (Å²) < 4.78 is 7.10. The summed E-state index contributed by atoms with van der Waals surface area (Å²) in [4.78, 5) is 12.3. The van der Waals surface area contributed by atoms with Gasteiger partial charge in [-0.25, -0.2) is 0 Å². The first-order valence-corrected chi connectivity index (χ1v) is 6.94. The molecule has 1 aromatic carbocycles. The Bertz CT molecular complexity index is 660. The molecule has 1 amide bonds. The van der Waals surface area contributed by atoms with E-state index in [9.17, 15) is 4.79 Å². The lowest BCUT2D eigenvalue weighted by Crippen LogP contribution is -2.14. The van der Waals surface area contributed by atoms with E-state index < -0.39 is 0 Å². The molecule has 1 heterocycles. The van der Waals surface area contributed by atoms with E-state index in [-0.39, 0.29) is 11.9 Å². The van der Waals surface area contributed by atoms with Crippen LogP contribution in [0.3, 0.4) is 0 Å². The van der Waals surface area contributed by atoms with Crippen LogP contribution in [0.25, 0.3) is 0 Å². The lowest BCUT2D eigenvalue weighted by molar-refractivity contribution is 0.102. The van der Waals surface area contributed by atoms with Crippen LogP contribution in [0.4, 0.5) is 5.69 Å². The quantitative estimate of drug-likeness (QED) is 0.938. The molecule has 1 aromatic heterocycles. The van der Waals surface area contributed by atoms with Crippen LogP contribution in [0, 0.1) is 13.8 Å². The fraction of sp³-hybridized carbons (Fsp3) is 0.375. The molecule has 5 heteroatoms. The summed E-state index contributed by atoms with van der Waals surface area (Å²) in [7, 11) is 1.58. The minimum Gasteiger partial charge on any atom is -0.495 e. The maximum absolute atomic E-state index is 12.3. The predicted molar refractivity (Wildman–Crippen MR) is 83.0 cm³/mol. The molecule has 0 radical (unpaired) electrons. The van der Waals surface area contributed by atoms with Gasteiger partial charge in [-0.15, -0.1) is 0 Å². The monoisotopic (exact) mass is 287 g/mol. The third-order valence-electron chi connectivity index (χ3n) is 3.25. The molecule has 21 heavy (non-hydrogen) atoms. The van der Waals surface area contributed by atoms with Gasteiger partial charge in [-0.3, -0.25) is 9.48 Å². The second kappa shape index (κ2) is 5.99. The van der Waals surface area contributed by atoms with Gasteiger partial charge in [0.15, 0.2) is 5.69 Å². The Morgan fingerprint density at radius 1 is 1.29 bits per heavy atom. The van der Waals surface area contributed by atoms with Crippen LogP contribution in [0.2, 0.25) is 0 Å². The lowest BCUT2D eigenvalue weighted by atomic mass is 10.2. The molecule has 2 aromatic rings. The Hall–Kier alpha value is -2.30. The first-order chi connectivity index (χ1) is 9.92. The summed E-state index contributed by atoms with van der Waals surface area (Å²) in [6.07, 6.45) is 0. The third kappa shape index (κ3) is 3.24. The molecule has 0 bridgehead atoms. The highest BCUT2D eigenvalue weighted by Gasteiger charge is 2.15. The minimum absolute atomic E-state index is 0.222. The highest BCUT2D eigenvalue weighted by atomic mass is 16.5. The number of hydrogen-bond donors (Lipinski definition) is 1. The smallest absolute Gasteiger partial charge is 0.276 e. The van der Waals surface area contributed by atoms with Crippen molar-refractivity contribution in [3.05, 3.63) is 41.2 Å². The molecular weight excluding hydrogens is 266 g/mol. The topological polar surface area (TPSA) is 56.1 Å². The van der Waals surface area contributed by atoms with E-state index in [1.54, 1.807) is 13.2 Å². The Kier molecular flexibility index (Phi) is 4.31. The number of amides is 1. The maximum atomic E-state index is 12.3. The third-order valence-corrected chi connectivity index (χ3v) is 3.25. The number of carbonyl (C=O) groups is 1. The van der Waals surface area contributed by atoms with Crippen molar-refractivity contribution >= 4 is 11.6 Å². The first-order valence-electron chi connectivity index (χ1n) is 6.94. The summed E-state index contributed by atoms with van der Waals surface area (Å²) in [6, 6.07) is 7.66. The van der Waals surface area contributed by atoms with E-state index in [0.29, 0.717) is 17.1 Å². The number of aryl methyl sites for hydroxylation is 2. The van der Waals surface area contributed by atoms with Crippen LogP contribution in [0.1, 0.15) is 41.6 Å². The number of methoxy groups -OCH3 is 1. The molecule has 0 unspecified atom stereocenters. The van der Waals surface area contributed by atoms with Crippen molar-refractivity contribution in [2.24, 2.45) is 0 Å². The van der Waals surface area contributed by atoms with Crippen molar-refractivity contribution in [2.45, 2.75) is 33.7 Å². The zero-order chi connectivity index (χ0) is 15.6. The highest BCUT2D eigenvalue weighted by Crippen LogP contribution is 2.25. The molecule has 0 fully saturated rings. The van der Waals surface area contributed by atoms with Gasteiger partial charge in [-0.2, -0.15) is 5.10 Å². The molecular formula is C16H21N3O2. The minimum atomic E-state index is -0.235. The predicted octanol–water partition coefficient (Wildman–Crippen LogP) is 3.34. The molecule has 1 N–H and O–H groups in total. The number of benzene rings is 1. The molecule has 0 spiro atoms. The molecule has 2 rings (SSSR count). The maximum Gasteiger partial charge on any atom is 0.276 e. The SMILES string of the molecule is COc1ccc(C)cc1NC(=O)c1cc(C)n(C(C)C)n1. The molecule has 0 saturated carbocycles. The molecule has 0 atom stereocenters. The van der Waals surface area contributed by atoms with E-state index in [4.69, 9.17) is 4.74 Å². The van der Waals surface area contributed by atoms with Crippen LogP contribution in [-0.2, 0) is 0 Å². The molecule has 0 aliphatic heterocycles. The van der Waals surface area contributed by atoms with Gasteiger partial charge in [0.2, 0.25) is 0 Å². The van der Waals surface area contributed by atoms with Crippen molar-refractivity contribution in [1.29, 1.82) is 0 Å². The molecule has 0 saturated heterocycles. The van der Waals surface area contributed by atoms with Crippen molar-refractivity contribution < 1.29 is 9.53 Å². The van der Waals surface area contributed by atoms with E-state index >= 15 is 0 Å². The number of aromatic nitrogens is 2. The Morgan fingerprint density at radius 2 is 2.00 bits per heavy atom. The van der Waals surface area contributed by atoms with E-state index in [2.05, 4.69) is 10.4 Å². The number of rotatable bonds is 4. The summed E-state index contributed by atoms with van der Waals surface area (Å²) >= 11 is 0. The zero-order valence-electron chi connectivity index (χ0n) is 13.1. The second-order valence-corrected chi connectivity index (χ2v) is 5.37. The van der Waals surface area contributed by atoms with Crippen LogP contribution in [-0.4, -0.2) is 22.8 Å². The lowest BCUT2D eigenvalue weighted by Gasteiger charge is -2.10. The Morgan fingerprint density at radius 3 is 2.57 bits per heavy atom. The fourth-order valence-corrected chi connectivity index (χ4v) is 2.23. The zero-order valence-corrected chi connectivity index (χ0v) is 13.1. The van der Waals surface area contributed by atoms with Gasteiger partial charge in [-0.05, 0) is 51.5 Å². The van der Waals surface area contributed by atoms with Crippen molar-refractivity contribution in [2.75, 3.05) is 12.4 Å². The highest BCUT2D eigenvalue weighted by molar-refractivity contribution is 6.03. The standard InChI is InChI=1S/C16H21N3O2/c1-10(2)19-12(4)9-14(18-19)16(20)17-13-8-11(3)6-7-15(13)21-5/h6-10H,1-5H3,(H,17,20). The van der Waals surface area contributed by atoms with Crippen molar-refractivity contribution in [3.8, 4) is 5.75 Å². The summed E-state index contributed by atoms with van der Waals surface area (Å²) in [5, 5.41) is 7.21. The molecule has 5 nitrogen and oxygen atoms in total. The van der Waals surface area contributed by atoms with Crippen LogP contribution in [0.15, 0.2) is 24.3 Å². The molecule has 0 aliphatic rings. The first kappa shape index (κ1) is 15.1. The van der Waals surface area contributed by atoms with Gasteiger partial charge < -0.3 is 10.1 Å². The Labute approximate surface area is 124 Å².